The van der Waals surface area contributed by atoms with Crippen LogP contribution >= 0.6 is 11.3 Å². The lowest BCUT2D eigenvalue weighted by Gasteiger charge is -2.23. The first-order valence-corrected chi connectivity index (χ1v) is 7.42. The fourth-order valence-electron chi connectivity index (χ4n) is 1.96. The van der Waals surface area contributed by atoms with Crippen molar-refractivity contribution in [3.05, 3.63) is 34.0 Å². The molecular formula is C14H18N4OS. The van der Waals surface area contributed by atoms with E-state index in [-0.39, 0.29) is 6.04 Å². The molecule has 2 heterocycles. The molecule has 0 aliphatic rings. The van der Waals surface area contributed by atoms with Gasteiger partial charge in [-0.1, -0.05) is 6.92 Å². The van der Waals surface area contributed by atoms with E-state index >= 15 is 0 Å². The largest absolute Gasteiger partial charge is 0.424 e. The van der Waals surface area contributed by atoms with Crippen LogP contribution in [0.4, 0.5) is 5.88 Å². The number of oxazole rings is 1. The number of anilines is 1. The van der Waals surface area contributed by atoms with E-state index in [1.807, 2.05) is 21.0 Å². The third kappa shape index (κ3) is 3.18. The molecule has 1 atom stereocenters. The molecule has 0 aliphatic carbocycles. The molecule has 0 radical (unpaired) electrons. The standard InChI is InChI=1S/C14H18N4OS/c1-4-13-17-11(7-15)14(19-13)16-8-12(18(2)3)10-5-6-20-9-10/h5-6,9,12,16H,4,8H2,1-3H3/t12-/m1/s1. The van der Waals surface area contributed by atoms with E-state index < -0.39 is 0 Å². The minimum atomic E-state index is 0.225. The van der Waals surface area contributed by atoms with Crippen molar-refractivity contribution in [3.63, 3.8) is 0 Å². The predicted molar refractivity (Wildman–Crippen MR) is 79.8 cm³/mol. The van der Waals surface area contributed by atoms with E-state index in [9.17, 15) is 0 Å². The number of rotatable bonds is 6. The summed E-state index contributed by atoms with van der Waals surface area (Å²) in [5.41, 5.74) is 1.57. The summed E-state index contributed by atoms with van der Waals surface area (Å²) in [6, 6.07) is 4.40. The number of likely N-dealkylation sites (N-methyl/N-ethyl adjacent to an activating group) is 1. The molecule has 0 amide bonds. The van der Waals surface area contributed by atoms with Crippen molar-refractivity contribution in [2.45, 2.75) is 19.4 Å². The number of aromatic nitrogens is 1. The van der Waals surface area contributed by atoms with E-state index in [1.54, 1.807) is 11.3 Å². The summed E-state index contributed by atoms with van der Waals surface area (Å²) in [4.78, 5) is 6.27. The molecule has 2 aromatic rings. The van der Waals surface area contributed by atoms with Crippen LogP contribution in [0.3, 0.4) is 0 Å². The van der Waals surface area contributed by atoms with Crippen molar-refractivity contribution in [2.24, 2.45) is 0 Å². The van der Waals surface area contributed by atoms with E-state index in [0.717, 1.165) is 0 Å². The van der Waals surface area contributed by atoms with Crippen molar-refractivity contribution in [2.75, 3.05) is 26.0 Å². The average molecular weight is 290 g/mol. The molecule has 2 aromatic heterocycles. The van der Waals surface area contributed by atoms with Gasteiger partial charge in [0.15, 0.2) is 5.89 Å². The fraction of sp³-hybridized carbons (Fsp3) is 0.429. The first-order valence-electron chi connectivity index (χ1n) is 6.47. The Labute approximate surface area is 122 Å². The van der Waals surface area contributed by atoms with Crippen LogP contribution in [0.25, 0.3) is 0 Å². The van der Waals surface area contributed by atoms with Crippen molar-refractivity contribution in [3.8, 4) is 6.07 Å². The van der Waals surface area contributed by atoms with Gasteiger partial charge in [-0.3, -0.25) is 0 Å². The van der Waals surface area contributed by atoms with Gasteiger partial charge in [-0.05, 0) is 36.5 Å². The fourth-order valence-corrected chi connectivity index (χ4v) is 2.67. The summed E-state index contributed by atoms with van der Waals surface area (Å²) >= 11 is 1.68. The van der Waals surface area contributed by atoms with E-state index in [2.05, 4.69) is 38.1 Å². The van der Waals surface area contributed by atoms with Crippen LogP contribution in [-0.2, 0) is 6.42 Å². The average Bonchev–Trinajstić information content (AvgIpc) is 3.07. The Balaban J connectivity index is 2.10. The third-order valence-electron chi connectivity index (χ3n) is 3.09. The highest BCUT2D eigenvalue weighted by molar-refractivity contribution is 7.07. The Hall–Kier alpha value is -1.84. The summed E-state index contributed by atoms with van der Waals surface area (Å²) in [7, 11) is 4.07. The molecule has 0 saturated carbocycles. The zero-order valence-electron chi connectivity index (χ0n) is 11.9. The van der Waals surface area contributed by atoms with Gasteiger partial charge in [0.1, 0.15) is 6.07 Å². The van der Waals surface area contributed by atoms with Gasteiger partial charge >= 0.3 is 0 Å². The molecule has 106 valence electrons. The predicted octanol–water partition coefficient (Wildman–Crippen LogP) is 2.88. The van der Waals surface area contributed by atoms with Gasteiger partial charge in [-0.15, -0.1) is 0 Å². The lowest BCUT2D eigenvalue weighted by atomic mass is 10.1. The van der Waals surface area contributed by atoms with Crippen LogP contribution in [0.15, 0.2) is 21.2 Å². The zero-order chi connectivity index (χ0) is 14.5. The van der Waals surface area contributed by atoms with Crippen molar-refractivity contribution < 1.29 is 4.42 Å². The quantitative estimate of drug-likeness (QED) is 0.886. The topological polar surface area (TPSA) is 65.1 Å². The highest BCUT2D eigenvalue weighted by atomic mass is 32.1. The van der Waals surface area contributed by atoms with Gasteiger partial charge in [0, 0.05) is 13.0 Å². The Kier molecular flexibility index (Phi) is 4.77. The summed E-state index contributed by atoms with van der Waals surface area (Å²) in [6.07, 6.45) is 0.679. The lowest BCUT2D eigenvalue weighted by Crippen LogP contribution is -2.26. The van der Waals surface area contributed by atoms with Crippen molar-refractivity contribution >= 4 is 17.2 Å². The summed E-state index contributed by atoms with van der Waals surface area (Å²) in [5, 5.41) is 16.5. The van der Waals surface area contributed by atoms with E-state index in [0.29, 0.717) is 30.4 Å². The number of hydrogen-bond donors (Lipinski definition) is 1. The molecule has 0 aliphatic heterocycles. The normalized spacial score (nSPS) is 12.3. The molecule has 0 spiro atoms. The summed E-state index contributed by atoms with van der Waals surface area (Å²) in [6.45, 7) is 2.61. The van der Waals surface area contributed by atoms with Crippen LogP contribution in [0.2, 0.25) is 0 Å². The number of nitriles is 1. The van der Waals surface area contributed by atoms with Gasteiger partial charge < -0.3 is 14.6 Å². The number of hydrogen-bond acceptors (Lipinski definition) is 6. The highest BCUT2D eigenvalue weighted by Gasteiger charge is 2.17. The SMILES string of the molecule is CCc1nc(C#N)c(NC[C@H](c2ccsc2)N(C)C)o1. The Morgan fingerprint density at radius 3 is 2.90 bits per heavy atom. The van der Waals surface area contributed by atoms with Gasteiger partial charge in [0.25, 0.3) is 0 Å². The van der Waals surface area contributed by atoms with E-state index in [4.69, 9.17) is 9.68 Å². The van der Waals surface area contributed by atoms with Gasteiger partial charge in [-0.2, -0.15) is 16.6 Å². The Morgan fingerprint density at radius 1 is 1.55 bits per heavy atom. The Morgan fingerprint density at radius 2 is 2.35 bits per heavy atom. The molecule has 0 bridgehead atoms. The molecule has 5 nitrogen and oxygen atoms in total. The zero-order valence-corrected chi connectivity index (χ0v) is 12.7. The second-order valence-corrected chi connectivity index (χ2v) is 5.45. The monoisotopic (exact) mass is 290 g/mol. The van der Waals surface area contributed by atoms with Gasteiger partial charge in [0.05, 0.1) is 6.04 Å². The second kappa shape index (κ2) is 6.55. The first-order chi connectivity index (χ1) is 9.65. The third-order valence-corrected chi connectivity index (χ3v) is 3.79. The lowest BCUT2D eigenvalue weighted by molar-refractivity contribution is 0.311. The number of nitrogens with zero attached hydrogens (tertiary/aromatic N) is 3. The molecule has 6 heteroatoms. The highest BCUT2D eigenvalue weighted by Crippen LogP contribution is 2.23. The molecule has 0 aromatic carbocycles. The minimum absolute atomic E-state index is 0.225. The van der Waals surface area contributed by atoms with Crippen LogP contribution in [0, 0.1) is 11.3 Å². The Bertz CT molecular complexity index is 583. The maximum Gasteiger partial charge on any atom is 0.232 e. The van der Waals surface area contributed by atoms with Crippen molar-refractivity contribution in [1.82, 2.24) is 9.88 Å². The van der Waals surface area contributed by atoms with Crippen molar-refractivity contribution in [1.29, 1.82) is 5.26 Å². The molecule has 0 saturated heterocycles. The molecule has 1 N–H and O–H groups in total. The molecule has 2 rings (SSSR count). The molecule has 0 unspecified atom stereocenters. The minimum Gasteiger partial charge on any atom is -0.424 e. The number of nitrogens with one attached hydrogen (secondary N) is 1. The summed E-state index contributed by atoms with van der Waals surface area (Å²) < 4.78 is 5.54. The number of aryl methyl sites for hydroxylation is 1. The maximum absolute atomic E-state index is 9.06. The number of thiophene rings is 1. The van der Waals surface area contributed by atoms with Gasteiger partial charge in [-0.25, -0.2) is 4.98 Å². The summed E-state index contributed by atoms with van der Waals surface area (Å²) in [5.74, 6) is 1.05. The second-order valence-electron chi connectivity index (χ2n) is 4.67. The van der Waals surface area contributed by atoms with Crippen LogP contribution in [-0.4, -0.2) is 30.5 Å². The van der Waals surface area contributed by atoms with Crippen LogP contribution < -0.4 is 5.32 Å². The molecular weight excluding hydrogens is 272 g/mol. The smallest absolute Gasteiger partial charge is 0.232 e. The van der Waals surface area contributed by atoms with Crippen LogP contribution in [0.5, 0.6) is 0 Å². The first kappa shape index (κ1) is 14.6. The maximum atomic E-state index is 9.06. The van der Waals surface area contributed by atoms with Crippen LogP contribution in [0.1, 0.15) is 30.1 Å². The molecule has 0 fully saturated rings. The van der Waals surface area contributed by atoms with Gasteiger partial charge in [0.2, 0.25) is 11.6 Å². The van der Waals surface area contributed by atoms with E-state index in [1.165, 1.54) is 5.56 Å². The molecule has 20 heavy (non-hydrogen) atoms.